The molecular formula is C20H17F3N4O. The summed E-state index contributed by atoms with van der Waals surface area (Å²) in [6.45, 7) is 3.97. The van der Waals surface area contributed by atoms with Gasteiger partial charge in [0.2, 0.25) is 5.95 Å². The van der Waals surface area contributed by atoms with Crippen molar-refractivity contribution in [2.24, 2.45) is 0 Å². The quantitative estimate of drug-likeness (QED) is 0.654. The molecule has 0 atom stereocenters. The number of carbonyl (C=O) groups is 1. The number of nitrogens with zero attached hydrogens (tertiary/aromatic N) is 2. The van der Waals surface area contributed by atoms with Gasteiger partial charge in [-0.1, -0.05) is 12.1 Å². The summed E-state index contributed by atoms with van der Waals surface area (Å²) < 4.78 is 37.7. The number of alkyl halides is 3. The standard InChI is InChI=1S/C20H17F3N4O/c1-12-4-3-5-17(13(12)2)27-19-24-10-14(11-25-19)18(28)26-16-8-6-15(7-9-16)20(21,22)23/h3-11H,1-2H3,(H,26,28)(H,24,25,27). The summed E-state index contributed by atoms with van der Waals surface area (Å²) in [5.41, 5.74) is 2.70. The molecule has 1 amide bonds. The Kier molecular flexibility index (Phi) is 5.30. The summed E-state index contributed by atoms with van der Waals surface area (Å²) in [6.07, 6.45) is -1.73. The number of benzene rings is 2. The summed E-state index contributed by atoms with van der Waals surface area (Å²) in [7, 11) is 0. The highest BCUT2D eigenvalue weighted by atomic mass is 19.4. The third kappa shape index (κ3) is 4.46. The zero-order valence-electron chi connectivity index (χ0n) is 15.1. The first-order chi connectivity index (χ1) is 13.2. The molecule has 0 aliphatic heterocycles. The molecule has 144 valence electrons. The van der Waals surface area contributed by atoms with E-state index in [4.69, 9.17) is 0 Å². The van der Waals surface area contributed by atoms with Gasteiger partial charge in [0.25, 0.3) is 5.91 Å². The van der Waals surface area contributed by atoms with Crippen LogP contribution < -0.4 is 10.6 Å². The number of carbonyl (C=O) groups excluding carboxylic acids is 1. The smallest absolute Gasteiger partial charge is 0.324 e. The Morgan fingerprint density at radius 2 is 1.61 bits per heavy atom. The van der Waals surface area contributed by atoms with E-state index in [1.54, 1.807) is 0 Å². The van der Waals surface area contributed by atoms with Crippen molar-refractivity contribution in [2.75, 3.05) is 10.6 Å². The Balaban J connectivity index is 1.67. The molecule has 5 nitrogen and oxygen atoms in total. The minimum Gasteiger partial charge on any atom is -0.324 e. The molecular weight excluding hydrogens is 369 g/mol. The van der Waals surface area contributed by atoms with Crippen molar-refractivity contribution in [1.29, 1.82) is 0 Å². The van der Waals surface area contributed by atoms with Crippen LogP contribution in [0.3, 0.4) is 0 Å². The van der Waals surface area contributed by atoms with Crippen LogP contribution in [0.1, 0.15) is 27.0 Å². The van der Waals surface area contributed by atoms with Crippen LogP contribution in [0.25, 0.3) is 0 Å². The van der Waals surface area contributed by atoms with Crippen molar-refractivity contribution >= 4 is 23.2 Å². The van der Waals surface area contributed by atoms with Crippen LogP contribution in [0.4, 0.5) is 30.5 Å². The lowest BCUT2D eigenvalue weighted by atomic mass is 10.1. The zero-order valence-corrected chi connectivity index (χ0v) is 15.1. The minimum absolute atomic E-state index is 0.186. The lowest BCUT2D eigenvalue weighted by Gasteiger charge is -2.11. The Bertz CT molecular complexity index is 984. The van der Waals surface area contributed by atoms with E-state index >= 15 is 0 Å². The number of amides is 1. The van der Waals surface area contributed by atoms with Gasteiger partial charge < -0.3 is 10.6 Å². The molecule has 0 aliphatic carbocycles. The highest BCUT2D eigenvalue weighted by Gasteiger charge is 2.30. The number of aromatic nitrogens is 2. The van der Waals surface area contributed by atoms with Gasteiger partial charge in [-0.2, -0.15) is 13.2 Å². The number of rotatable bonds is 4. The summed E-state index contributed by atoms with van der Waals surface area (Å²) in [6, 6.07) is 10.0. The van der Waals surface area contributed by atoms with E-state index in [0.717, 1.165) is 28.9 Å². The first-order valence-electron chi connectivity index (χ1n) is 8.38. The van der Waals surface area contributed by atoms with Crippen LogP contribution in [0.15, 0.2) is 54.9 Å². The second-order valence-corrected chi connectivity index (χ2v) is 6.20. The number of hydrogen-bond acceptors (Lipinski definition) is 4. The molecule has 3 rings (SSSR count). The van der Waals surface area contributed by atoms with Gasteiger partial charge in [-0.15, -0.1) is 0 Å². The van der Waals surface area contributed by atoms with E-state index in [2.05, 4.69) is 20.6 Å². The molecule has 2 aromatic carbocycles. The molecule has 1 heterocycles. The third-order valence-electron chi connectivity index (χ3n) is 4.24. The zero-order chi connectivity index (χ0) is 20.3. The molecule has 0 saturated carbocycles. The fourth-order valence-corrected chi connectivity index (χ4v) is 2.46. The topological polar surface area (TPSA) is 66.9 Å². The van der Waals surface area contributed by atoms with Crippen LogP contribution in [0, 0.1) is 13.8 Å². The molecule has 0 fully saturated rings. The van der Waals surface area contributed by atoms with Gasteiger partial charge >= 0.3 is 6.18 Å². The van der Waals surface area contributed by atoms with Crippen LogP contribution in [0.2, 0.25) is 0 Å². The normalized spacial score (nSPS) is 11.2. The fourth-order valence-electron chi connectivity index (χ4n) is 2.46. The maximum atomic E-state index is 12.6. The van der Waals surface area contributed by atoms with Crippen molar-refractivity contribution in [2.45, 2.75) is 20.0 Å². The average Bonchev–Trinajstić information content (AvgIpc) is 2.66. The molecule has 0 bridgehead atoms. The average molecular weight is 386 g/mol. The van der Waals surface area contributed by atoms with Crippen molar-refractivity contribution in [1.82, 2.24) is 9.97 Å². The second-order valence-electron chi connectivity index (χ2n) is 6.20. The van der Waals surface area contributed by atoms with E-state index in [0.29, 0.717) is 5.95 Å². The van der Waals surface area contributed by atoms with Gasteiger partial charge in [-0.25, -0.2) is 9.97 Å². The molecule has 3 aromatic rings. The lowest BCUT2D eigenvalue weighted by Crippen LogP contribution is -2.13. The van der Waals surface area contributed by atoms with Crippen molar-refractivity contribution in [3.8, 4) is 0 Å². The van der Waals surface area contributed by atoms with Gasteiger partial charge in [0, 0.05) is 23.8 Å². The van der Waals surface area contributed by atoms with Crippen LogP contribution in [-0.4, -0.2) is 15.9 Å². The van der Waals surface area contributed by atoms with Crippen LogP contribution >= 0.6 is 0 Å². The predicted molar refractivity (Wildman–Crippen MR) is 101 cm³/mol. The molecule has 1 aromatic heterocycles. The fraction of sp³-hybridized carbons (Fsp3) is 0.150. The van der Waals surface area contributed by atoms with E-state index in [1.807, 2.05) is 32.0 Å². The molecule has 0 saturated heterocycles. The van der Waals surface area contributed by atoms with Crippen LogP contribution in [0.5, 0.6) is 0 Å². The van der Waals surface area contributed by atoms with Gasteiger partial charge in [-0.3, -0.25) is 4.79 Å². The Morgan fingerprint density at radius 3 is 2.21 bits per heavy atom. The molecule has 0 aliphatic rings. The Hall–Kier alpha value is -3.42. The first-order valence-corrected chi connectivity index (χ1v) is 8.38. The molecule has 2 N–H and O–H groups in total. The molecule has 8 heteroatoms. The number of nitrogens with one attached hydrogen (secondary N) is 2. The molecule has 28 heavy (non-hydrogen) atoms. The maximum absolute atomic E-state index is 12.6. The third-order valence-corrected chi connectivity index (χ3v) is 4.24. The summed E-state index contributed by atoms with van der Waals surface area (Å²) in [4.78, 5) is 20.5. The maximum Gasteiger partial charge on any atom is 0.416 e. The van der Waals surface area contributed by atoms with Gasteiger partial charge in [0.15, 0.2) is 0 Å². The van der Waals surface area contributed by atoms with Crippen LogP contribution in [-0.2, 0) is 6.18 Å². The molecule has 0 radical (unpaired) electrons. The summed E-state index contributed by atoms with van der Waals surface area (Å²) >= 11 is 0. The Morgan fingerprint density at radius 1 is 0.964 bits per heavy atom. The highest BCUT2D eigenvalue weighted by Crippen LogP contribution is 2.29. The highest BCUT2D eigenvalue weighted by molar-refractivity contribution is 6.03. The minimum atomic E-state index is -4.42. The van der Waals surface area contributed by atoms with E-state index < -0.39 is 17.6 Å². The predicted octanol–water partition coefficient (Wildman–Crippen LogP) is 5.11. The van der Waals surface area contributed by atoms with E-state index in [-0.39, 0.29) is 11.3 Å². The molecule has 0 spiro atoms. The largest absolute Gasteiger partial charge is 0.416 e. The van der Waals surface area contributed by atoms with Crippen molar-refractivity contribution < 1.29 is 18.0 Å². The summed E-state index contributed by atoms with van der Waals surface area (Å²) in [5.74, 6) is -0.183. The van der Waals surface area contributed by atoms with E-state index in [1.165, 1.54) is 24.5 Å². The van der Waals surface area contributed by atoms with Gasteiger partial charge in [-0.05, 0) is 55.3 Å². The molecule has 0 unspecified atom stereocenters. The number of aryl methyl sites for hydroxylation is 1. The van der Waals surface area contributed by atoms with Gasteiger partial charge in [0.1, 0.15) is 0 Å². The SMILES string of the molecule is Cc1cccc(Nc2ncc(C(=O)Nc3ccc(C(F)(F)F)cc3)cn2)c1C. The van der Waals surface area contributed by atoms with Gasteiger partial charge in [0.05, 0.1) is 11.1 Å². The first kappa shape index (κ1) is 19.3. The number of anilines is 3. The van der Waals surface area contributed by atoms with Crippen molar-refractivity contribution in [3.63, 3.8) is 0 Å². The van der Waals surface area contributed by atoms with E-state index in [9.17, 15) is 18.0 Å². The lowest BCUT2D eigenvalue weighted by molar-refractivity contribution is -0.137. The van der Waals surface area contributed by atoms with Crippen molar-refractivity contribution in [3.05, 3.63) is 77.1 Å². The number of halogens is 3. The number of hydrogen-bond donors (Lipinski definition) is 2. The second kappa shape index (κ2) is 7.67. The Labute approximate surface area is 159 Å². The summed E-state index contributed by atoms with van der Waals surface area (Å²) in [5, 5.41) is 5.60. The monoisotopic (exact) mass is 386 g/mol.